The highest BCUT2D eigenvalue weighted by molar-refractivity contribution is 5.00. The van der Waals surface area contributed by atoms with E-state index in [2.05, 4.69) is 61.7 Å². The number of rotatable bonds is 10. The zero-order valence-electron chi connectivity index (χ0n) is 14.8. The Morgan fingerprint density at radius 3 is 2.38 bits per heavy atom. The fourth-order valence-electron chi connectivity index (χ4n) is 3.48. The summed E-state index contributed by atoms with van der Waals surface area (Å²) < 4.78 is 2.13. The predicted molar refractivity (Wildman–Crippen MR) is 90.6 cm³/mol. The van der Waals surface area contributed by atoms with E-state index >= 15 is 0 Å². The van der Waals surface area contributed by atoms with Gasteiger partial charge in [0, 0.05) is 37.4 Å². The fourth-order valence-corrected chi connectivity index (χ4v) is 3.48. The Bertz CT molecular complexity index is 393. The Balaban J connectivity index is 2.85. The Morgan fingerprint density at radius 2 is 1.95 bits per heavy atom. The molecule has 0 fully saturated rings. The molecule has 0 amide bonds. The number of aryl methyl sites for hydroxylation is 2. The van der Waals surface area contributed by atoms with Crippen molar-refractivity contribution in [1.29, 1.82) is 0 Å². The Morgan fingerprint density at radius 1 is 1.29 bits per heavy atom. The van der Waals surface area contributed by atoms with E-state index in [9.17, 15) is 0 Å². The molecule has 0 saturated heterocycles. The molecule has 0 bridgehead atoms. The first kappa shape index (κ1) is 18.2. The van der Waals surface area contributed by atoms with Crippen molar-refractivity contribution in [2.45, 2.75) is 64.5 Å². The molecule has 0 aromatic carbocycles. The van der Waals surface area contributed by atoms with Crippen LogP contribution < -0.4 is 5.32 Å². The number of nitrogens with one attached hydrogen (secondary N) is 1. The molecule has 21 heavy (non-hydrogen) atoms. The van der Waals surface area contributed by atoms with Gasteiger partial charge in [-0.05, 0) is 46.3 Å². The van der Waals surface area contributed by atoms with Gasteiger partial charge in [0.05, 0.1) is 0 Å². The second-order valence-electron chi connectivity index (χ2n) is 6.20. The van der Waals surface area contributed by atoms with Crippen LogP contribution in [0.4, 0.5) is 0 Å². The van der Waals surface area contributed by atoms with Crippen LogP contribution in [0.25, 0.3) is 0 Å². The van der Waals surface area contributed by atoms with Gasteiger partial charge in [-0.25, -0.2) is 4.98 Å². The van der Waals surface area contributed by atoms with Gasteiger partial charge in [0.25, 0.3) is 0 Å². The summed E-state index contributed by atoms with van der Waals surface area (Å²) >= 11 is 0. The van der Waals surface area contributed by atoms with E-state index in [1.54, 1.807) is 0 Å². The lowest BCUT2D eigenvalue weighted by atomic mass is 9.80. The van der Waals surface area contributed by atoms with Gasteiger partial charge in [-0.1, -0.05) is 20.8 Å². The first-order valence-electron chi connectivity index (χ1n) is 8.38. The van der Waals surface area contributed by atoms with Crippen molar-refractivity contribution in [1.82, 2.24) is 19.8 Å². The summed E-state index contributed by atoms with van der Waals surface area (Å²) in [6.07, 6.45) is 9.59. The van der Waals surface area contributed by atoms with Crippen LogP contribution in [0.2, 0.25) is 0 Å². The first-order valence-corrected chi connectivity index (χ1v) is 8.38. The van der Waals surface area contributed by atoms with E-state index in [0.717, 1.165) is 19.4 Å². The van der Waals surface area contributed by atoms with Crippen molar-refractivity contribution in [3.8, 4) is 0 Å². The maximum Gasteiger partial charge on any atom is 0.108 e. The monoisotopic (exact) mass is 294 g/mol. The van der Waals surface area contributed by atoms with Crippen molar-refractivity contribution in [2.75, 3.05) is 20.6 Å². The number of aromatic nitrogens is 2. The Hall–Kier alpha value is -0.870. The minimum atomic E-state index is 0.223. The molecule has 1 aromatic rings. The summed E-state index contributed by atoms with van der Waals surface area (Å²) in [5.41, 5.74) is 0.223. The van der Waals surface area contributed by atoms with Crippen LogP contribution in [0.15, 0.2) is 12.4 Å². The van der Waals surface area contributed by atoms with Crippen molar-refractivity contribution in [2.24, 2.45) is 7.05 Å². The van der Waals surface area contributed by atoms with Crippen molar-refractivity contribution in [3.63, 3.8) is 0 Å². The number of nitrogens with zero attached hydrogens (tertiary/aromatic N) is 3. The average Bonchev–Trinajstić information content (AvgIpc) is 2.87. The van der Waals surface area contributed by atoms with E-state index in [0.29, 0.717) is 6.04 Å². The van der Waals surface area contributed by atoms with Gasteiger partial charge in [-0.2, -0.15) is 0 Å². The maximum absolute atomic E-state index is 4.47. The summed E-state index contributed by atoms with van der Waals surface area (Å²) in [6.45, 7) is 7.94. The molecule has 0 aliphatic carbocycles. The topological polar surface area (TPSA) is 33.1 Å². The molecule has 0 saturated carbocycles. The van der Waals surface area contributed by atoms with Crippen LogP contribution in [-0.2, 0) is 13.5 Å². The number of likely N-dealkylation sites (N-methyl/N-ethyl adjacent to an activating group) is 1. The van der Waals surface area contributed by atoms with Gasteiger partial charge < -0.3 is 14.8 Å². The van der Waals surface area contributed by atoms with Gasteiger partial charge in [-0.3, -0.25) is 0 Å². The Labute approximate surface area is 130 Å². The number of imidazole rings is 1. The van der Waals surface area contributed by atoms with Crippen LogP contribution in [0.1, 0.15) is 52.3 Å². The molecule has 0 aliphatic heterocycles. The molecule has 1 aromatic heterocycles. The second-order valence-corrected chi connectivity index (χ2v) is 6.20. The lowest BCUT2D eigenvalue weighted by Gasteiger charge is -2.46. The molecule has 1 atom stereocenters. The van der Waals surface area contributed by atoms with Crippen LogP contribution in [0.5, 0.6) is 0 Å². The van der Waals surface area contributed by atoms with Gasteiger partial charge >= 0.3 is 0 Å². The average molecular weight is 294 g/mol. The highest BCUT2D eigenvalue weighted by Crippen LogP contribution is 2.28. The summed E-state index contributed by atoms with van der Waals surface area (Å²) in [7, 11) is 6.51. The van der Waals surface area contributed by atoms with Crippen molar-refractivity contribution >= 4 is 0 Å². The minimum absolute atomic E-state index is 0.223. The van der Waals surface area contributed by atoms with Crippen molar-refractivity contribution in [3.05, 3.63) is 18.2 Å². The second kappa shape index (κ2) is 8.54. The number of hydrogen-bond donors (Lipinski definition) is 1. The molecule has 1 N–H and O–H groups in total. The smallest absolute Gasteiger partial charge is 0.108 e. The molecule has 0 spiro atoms. The van der Waals surface area contributed by atoms with Crippen LogP contribution in [0, 0.1) is 0 Å². The van der Waals surface area contributed by atoms with Crippen molar-refractivity contribution < 1.29 is 0 Å². The lowest BCUT2D eigenvalue weighted by Crippen LogP contribution is -2.58. The quantitative estimate of drug-likeness (QED) is 0.720. The SMILES string of the molecule is CCCNC(CCc1nccn1C)C(CC)(CC)N(C)C. The van der Waals surface area contributed by atoms with E-state index in [1.807, 2.05) is 12.4 Å². The normalized spacial score (nSPS) is 13.9. The molecule has 4 heteroatoms. The molecular formula is C17H34N4. The summed E-state index contributed by atoms with van der Waals surface area (Å²) in [4.78, 5) is 6.88. The zero-order valence-corrected chi connectivity index (χ0v) is 14.8. The summed E-state index contributed by atoms with van der Waals surface area (Å²) in [5.74, 6) is 1.18. The van der Waals surface area contributed by atoms with Gasteiger partial charge in [0.1, 0.15) is 5.82 Å². The molecule has 122 valence electrons. The van der Waals surface area contributed by atoms with Gasteiger partial charge in [0.2, 0.25) is 0 Å². The summed E-state index contributed by atoms with van der Waals surface area (Å²) in [5, 5.41) is 3.80. The summed E-state index contributed by atoms with van der Waals surface area (Å²) in [6, 6.07) is 0.499. The van der Waals surface area contributed by atoms with Crippen LogP contribution >= 0.6 is 0 Å². The Kier molecular flexibility index (Phi) is 7.40. The zero-order chi connectivity index (χ0) is 15.9. The molecule has 4 nitrogen and oxygen atoms in total. The van der Waals surface area contributed by atoms with Crippen LogP contribution in [-0.4, -0.2) is 46.7 Å². The molecular weight excluding hydrogens is 260 g/mol. The molecule has 1 unspecified atom stereocenters. The highest BCUT2D eigenvalue weighted by Gasteiger charge is 2.37. The van der Waals surface area contributed by atoms with Crippen LogP contribution in [0.3, 0.4) is 0 Å². The first-order chi connectivity index (χ1) is 10.0. The molecule has 0 aliphatic rings. The minimum Gasteiger partial charge on any atom is -0.338 e. The highest BCUT2D eigenvalue weighted by atomic mass is 15.2. The molecule has 1 rings (SSSR count). The standard InChI is InChI=1S/C17H34N4/c1-7-12-18-15(17(8-2,9-3)20(4)5)10-11-16-19-13-14-21(16)6/h13-15,18H,7-12H2,1-6H3. The van der Waals surface area contributed by atoms with E-state index < -0.39 is 0 Å². The fraction of sp³-hybridized carbons (Fsp3) is 0.824. The number of hydrogen-bond acceptors (Lipinski definition) is 3. The largest absolute Gasteiger partial charge is 0.338 e. The van der Waals surface area contributed by atoms with Gasteiger partial charge in [0.15, 0.2) is 0 Å². The lowest BCUT2D eigenvalue weighted by molar-refractivity contribution is 0.0839. The van der Waals surface area contributed by atoms with E-state index in [-0.39, 0.29) is 5.54 Å². The predicted octanol–water partition coefficient (Wildman–Crippen LogP) is 2.84. The van der Waals surface area contributed by atoms with Gasteiger partial charge in [-0.15, -0.1) is 0 Å². The molecule has 1 heterocycles. The van der Waals surface area contributed by atoms with E-state index in [4.69, 9.17) is 0 Å². The third-order valence-corrected chi connectivity index (χ3v) is 4.98. The van der Waals surface area contributed by atoms with E-state index in [1.165, 1.54) is 25.1 Å². The third-order valence-electron chi connectivity index (χ3n) is 4.98. The maximum atomic E-state index is 4.47. The third kappa shape index (κ3) is 4.30. The molecule has 0 radical (unpaired) electrons.